The molecule has 0 unspecified atom stereocenters. The van der Waals surface area contributed by atoms with Crippen molar-refractivity contribution in [3.05, 3.63) is 42.4 Å². The minimum Gasteiger partial charge on any atom is -0.334 e. The molecule has 0 spiro atoms. The molecular formula is C14H15N2. The van der Waals surface area contributed by atoms with Crippen LogP contribution in [0.4, 0.5) is 0 Å². The van der Waals surface area contributed by atoms with Gasteiger partial charge < -0.3 is 4.57 Å². The van der Waals surface area contributed by atoms with E-state index >= 15 is 0 Å². The summed E-state index contributed by atoms with van der Waals surface area (Å²) in [5.41, 5.74) is 3.56. The van der Waals surface area contributed by atoms with Crippen molar-refractivity contribution in [3.63, 3.8) is 0 Å². The molecule has 0 aliphatic heterocycles. The van der Waals surface area contributed by atoms with Crippen molar-refractivity contribution in [2.45, 2.75) is 32.2 Å². The molecule has 1 aliphatic carbocycles. The highest BCUT2D eigenvalue weighted by Gasteiger charge is 2.23. The van der Waals surface area contributed by atoms with Crippen molar-refractivity contribution in [2.75, 3.05) is 0 Å². The van der Waals surface area contributed by atoms with Gasteiger partial charge in [-0.25, -0.2) is 4.98 Å². The van der Waals surface area contributed by atoms with E-state index in [1.807, 2.05) is 18.5 Å². The van der Waals surface area contributed by atoms with Gasteiger partial charge in [0.25, 0.3) is 0 Å². The molecule has 0 saturated heterocycles. The van der Waals surface area contributed by atoms with Crippen LogP contribution in [0.2, 0.25) is 0 Å². The Balaban J connectivity index is 2.00. The third-order valence-corrected chi connectivity index (χ3v) is 3.14. The first-order chi connectivity index (χ1) is 7.88. The molecule has 0 bridgehead atoms. The second-order valence-electron chi connectivity index (χ2n) is 4.35. The van der Waals surface area contributed by atoms with E-state index in [4.69, 9.17) is 0 Å². The lowest BCUT2D eigenvalue weighted by Gasteiger charge is -2.03. The normalized spacial score (nSPS) is 15.3. The molecule has 16 heavy (non-hydrogen) atoms. The van der Waals surface area contributed by atoms with E-state index in [-0.39, 0.29) is 0 Å². The summed E-state index contributed by atoms with van der Waals surface area (Å²) in [7, 11) is 0. The van der Waals surface area contributed by atoms with Crippen molar-refractivity contribution in [1.82, 2.24) is 9.55 Å². The van der Waals surface area contributed by atoms with Gasteiger partial charge in [0.15, 0.2) is 0 Å². The zero-order chi connectivity index (χ0) is 11.0. The van der Waals surface area contributed by atoms with E-state index in [1.54, 1.807) is 0 Å². The number of hydrogen-bond donors (Lipinski definition) is 0. The summed E-state index contributed by atoms with van der Waals surface area (Å²) in [4.78, 5) is 4.50. The molecule has 2 heteroatoms. The van der Waals surface area contributed by atoms with Crippen LogP contribution in [0.1, 0.15) is 31.4 Å². The summed E-state index contributed by atoms with van der Waals surface area (Å²) in [5, 5.41) is 0. The van der Waals surface area contributed by atoms with Crippen molar-refractivity contribution in [3.8, 4) is 11.3 Å². The smallest absolute Gasteiger partial charge is 0.0956 e. The number of benzene rings is 1. The van der Waals surface area contributed by atoms with Gasteiger partial charge in [0.05, 0.1) is 12.0 Å². The fraction of sp³-hybridized carbons (Fsp3) is 0.357. The van der Waals surface area contributed by atoms with Crippen LogP contribution in [0.5, 0.6) is 0 Å². The Morgan fingerprint density at radius 1 is 1.50 bits per heavy atom. The summed E-state index contributed by atoms with van der Waals surface area (Å²) in [6, 6.07) is 10.1. The molecule has 1 aromatic heterocycles. The molecule has 2 aromatic rings. The third kappa shape index (κ3) is 1.64. The van der Waals surface area contributed by atoms with Crippen LogP contribution in [0, 0.1) is 6.07 Å². The van der Waals surface area contributed by atoms with Crippen molar-refractivity contribution < 1.29 is 0 Å². The number of nitrogens with zero attached hydrogens (tertiary/aromatic N) is 2. The van der Waals surface area contributed by atoms with E-state index in [9.17, 15) is 0 Å². The summed E-state index contributed by atoms with van der Waals surface area (Å²) in [6.45, 7) is 2.16. The molecular weight excluding hydrogens is 196 g/mol. The summed E-state index contributed by atoms with van der Waals surface area (Å²) >= 11 is 0. The van der Waals surface area contributed by atoms with E-state index in [2.05, 4.69) is 34.8 Å². The maximum absolute atomic E-state index is 4.50. The number of aromatic nitrogens is 2. The van der Waals surface area contributed by atoms with Crippen LogP contribution < -0.4 is 0 Å². The van der Waals surface area contributed by atoms with E-state index < -0.39 is 0 Å². The van der Waals surface area contributed by atoms with Crippen LogP contribution in [0.3, 0.4) is 0 Å². The average molecular weight is 211 g/mol. The van der Waals surface area contributed by atoms with E-state index in [0.29, 0.717) is 6.04 Å². The highest BCUT2D eigenvalue weighted by molar-refractivity contribution is 5.62. The van der Waals surface area contributed by atoms with Gasteiger partial charge in [0, 0.05) is 17.8 Å². The Morgan fingerprint density at radius 3 is 3.12 bits per heavy atom. The van der Waals surface area contributed by atoms with E-state index in [0.717, 1.165) is 12.1 Å². The molecule has 0 amide bonds. The predicted molar refractivity (Wildman–Crippen MR) is 64.1 cm³/mol. The van der Waals surface area contributed by atoms with Gasteiger partial charge in [0.1, 0.15) is 0 Å². The summed E-state index contributed by atoms with van der Waals surface area (Å²) in [5.74, 6) is 0. The second-order valence-corrected chi connectivity index (χ2v) is 4.35. The minimum absolute atomic E-state index is 0.707. The van der Waals surface area contributed by atoms with Crippen LogP contribution in [0.15, 0.2) is 30.7 Å². The second kappa shape index (κ2) is 3.78. The molecule has 0 atom stereocenters. The van der Waals surface area contributed by atoms with Crippen molar-refractivity contribution >= 4 is 0 Å². The lowest BCUT2D eigenvalue weighted by Crippen LogP contribution is -1.88. The zero-order valence-electron chi connectivity index (χ0n) is 9.48. The standard InChI is InChI=1S/C14H15N2/c1-2-11-5-3-4-6-13(11)14-9-16(10-15-14)12-7-8-12/h3-4,6,9-10,12H,2,7-8H2,1H3. The van der Waals surface area contributed by atoms with Crippen LogP contribution in [-0.2, 0) is 6.42 Å². The highest BCUT2D eigenvalue weighted by Crippen LogP contribution is 2.35. The monoisotopic (exact) mass is 211 g/mol. The van der Waals surface area contributed by atoms with Gasteiger partial charge in [-0.1, -0.05) is 25.1 Å². The van der Waals surface area contributed by atoms with Gasteiger partial charge in [0.2, 0.25) is 0 Å². The first kappa shape index (κ1) is 9.64. The fourth-order valence-electron chi connectivity index (χ4n) is 2.05. The minimum atomic E-state index is 0.707. The van der Waals surface area contributed by atoms with Gasteiger partial charge in [-0.2, -0.15) is 0 Å². The van der Waals surface area contributed by atoms with Gasteiger partial charge in [-0.15, -0.1) is 0 Å². The number of imidazole rings is 1. The first-order valence-corrected chi connectivity index (χ1v) is 5.92. The average Bonchev–Trinajstić information content (AvgIpc) is 3.07. The molecule has 81 valence electrons. The highest BCUT2D eigenvalue weighted by atomic mass is 15.1. The largest absolute Gasteiger partial charge is 0.334 e. The topological polar surface area (TPSA) is 17.8 Å². The molecule has 1 heterocycles. The Hall–Kier alpha value is -1.57. The lowest BCUT2D eigenvalue weighted by molar-refractivity contribution is 0.741. The molecule has 1 aliphatic rings. The predicted octanol–water partition coefficient (Wildman–Crippen LogP) is 3.25. The molecule has 1 radical (unpaired) electrons. The van der Waals surface area contributed by atoms with Crippen molar-refractivity contribution in [1.29, 1.82) is 0 Å². The Bertz CT molecular complexity index is 495. The zero-order valence-corrected chi connectivity index (χ0v) is 9.48. The number of aryl methyl sites for hydroxylation is 1. The first-order valence-electron chi connectivity index (χ1n) is 5.92. The molecule has 1 aromatic carbocycles. The number of rotatable bonds is 3. The third-order valence-electron chi connectivity index (χ3n) is 3.14. The summed E-state index contributed by atoms with van der Waals surface area (Å²) in [6.07, 6.45) is 7.74. The Labute approximate surface area is 95.9 Å². The van der Waals surface area contributed by atoms with Crippen LogP contribution in [0.25, 0.3) is 11.3 Å². The lowest BCUT2D eigenvalue weighted by atomic mass is 10.0. The number of hydrogen-bond acceptors (Lipinski definition) is 1. The van der Waals surface area contributed by atoms with Crippen molar-refractivity contribution in [2.24, 2.45) is 0 Å². The van der Waals surface area contributed by atoms with Gasteiger partial charge in [-0.3, -0.25) is 0 Å². The van der Waals surface area contributed by atoms with Crippen LogP contribution >= 0.6 is 0 Å². The molecule has 1 saturated carbocycles. The fourth-order valence-corrected chi connectivity index (χ4v) is 2.05. The summed E-state index contributed by atoms with van der Waals surface area (Å²) < 4.78 is 2.24. The van der Waals surface area contributed by atoms with Gasteiger partial charge >= 0.3 is 0 Å². The van der Waals surface area contributed by atoms with Crippen LogP contribution in [-0.4, -0.2) is 9.55 Å². The maximum Gasteiger partial charge on any atom is 0.0956 e. The SMILES string of the molecule is CCc1[c]cccc1-c1cn(C2CC2)cn1. The molecule has 1 fully saturated rings. The molecule has 3 rings (SSSR count). The van der Waals surface area contributed by atoms with Gasteiger partial charge in [-0.05, 0) is 30.9 Å². The Kier molecular flexibility index (Phi) is 2.28. The molecule has 0 N–H and O–H groups in total. The quantitative estimate of drug-likeness (QED) is 0.762. The Morgan fingerprint density at radius 2 is 2.38 bits per heavy atom. The van der Waals surface area contributed by atoms with E-state index in [1.165, 1.54) is 24.0 Å². The maximum atomic E-state index is 4.50. The molecule has 2 nitrogen and oxygen atoms in total.